The molecule has 1 aliphatic rings. The van der Waals surface area contributed by atoms with Crippen molar-refractivity contribution in [3.8, 4) is 28.2 Å². The highest BCUT2D eigenvalue weighted by Gasteiger charge is 2.29. The van der Waals surface area contributed by atoms with Crippen LogP contribution < -0.4 is 5.56 Å². The van der Waals surface area contributed by atoms with Gasteiger partial charge in [0.1, 0.15) is 22.9 Å². The summed E-state index contributed by atoms with van der Waals surface area (Å²) in [5.74, 6) is 0.366. The number of rotatable bonds is 7. The highest BCUT2D eigenvalue weighted by Crippen LogP contribution is 2.33. The molecule has 15 heteroatoms. The van der Waals surface area contributed by atoms with Crippen LogP contribution in [-0.4, -0.2) is 77.2 Å². The highest BCUT2D eigenvalue weighted by atomic mass is 35.5. The smallest absolute Gasteiger partial charge is 0.348 e. The molecule has 0 saturated carbocycles. The van der Waals surface area contributed by atoms with Gasteiger partial charge in [0, 0.05) is 48.1 Å². The fourth-order valence-electron chi connectivity index (χ4n) is 4.59. The number of fused-ring (bicyclic) bond motifs is 1. The molecule has 13 nitrogen and oxygen atoms in total. The van der Waals surface area contributed by atoms with E-state index in [-0.39, 0.29) is 24.1 Å². The molecule has 0 radical (unpaired) electrons. The van der Waals surface area contributed by atoms with Crippen molar-refractivity contribution >= 4 is 34.8 Å². The van der Waals surface area contributed by atoms with Gasteiger partial charge in [0.25, 0.3) is 11.5 Å². The van der Waals surface area contributed by atoms with Crippen LogP contribution in [0.3, 0.4) is 0 Å². The first-order valence-corrected chi connectivity index (χ1v) is 13.7. The maximum absolute atomic E-state index is 13.4. The van der Waals surface area contributed by atoms with Gasteiger partial charge in [-0.25, -0.2) is 14.8 Å². The number of imidazole rings is 1. The van der Waals surface area contributed by atoms with E-state index in [2.05, 4.69) is 25.5 Å². The Morgan fingerprint density at radius 1 is 1.24 bits per heavy atom. The van der Waals surface area contributed by atoms with Gasteiger partial charge in [-0.3, -0.25) is 14.2 Å². The average Bonchev–Trinajstić information content (AvgIpc) is 3.77. The maximum Gasteiger partial charge on any atom is 0.348 e. The van der Waals surface area contributed by atoms with E-state index in [0.29, 0.717) is 57.0 Å². The number of benzene rings is 1. The number of aromatic nitrogens is 8. The number of esters is 1. The SMILES string of the molecule is CN(C)C(=O)COC(=O)c1cc(-c2cnc(C3CCc4nc(-c5cc(Cl)ccc5-n5cnnn5)cc(=O)n43)[nH]2)cs1. The summed E-state index contributed by atoms with van der Waals surface area (Å²) in [7, 11) is 3.18. The second-order valence-electron chi connectivity index (χ2n) is 9.48. The first-order valence-electron chi connectivity index (χ1n) is 12.5. The Balaban J connectivity index is 1.25. The lowest BCUT2D eigenvalue weighted by Crippen LogP contribution is -2.27. The summed E-state index contributed by atoms with van der Waals surface area (Å²) in [6.07, 6.45) is 4.33. The summed E-state index contributed by atoms with van der Waals surface area (Å²) >= 11 is 7.48. The van der Waals surface area contributed by atoms with Crippen molar-refractivity contribution < 1.29 is 14.3 Å². The molecule has 6 rings (SSSR count). The maximum atomic E-state index is 13.4. The monoisotopic (exact) mass is 591 g/mol. The van der Waals surface area contributed by atoms with E-state index in [1.165, 1.54) is 33.3 Å². The van der Waals surface area contributed by atoms with Gasteiger partial charge in [-0.15, -0.1) is 16.4 Å². The second-order valence-corrected chi connectivity index (χ2v) is 10.8. The molecule has 1 amide bonds. The first-order chi connectivity index (χ1) is 19.8. The number of tetrazole rings is 1. The molecule has 1 N–H and O–H groups in total. The molecule has 208 valence electrons. The van der Waals surface area contributed by atoms with E-state index in [1.54, 1.807) is 54.5 Å². The molecular weight excluding hydrogens is 570 g/mol. The van der Waals surface area contributed by atoms with Crippen molar-refractivity contribution in [2.45, 2.75) is 18.9 Å². The number of aryl methyl sites for hydroxylation is 1. The van der Waals surface area contributed by atoms with E-state index in [1.807, 2.05) is 0 Å². The van der Waals surface area contributed by atoms with Crippen LogP contribution in [0.25, 0.3) is 28.2 Å². The summed E-state index contributed by atoms with van der Waals surface area (Å²) < 4.78 is 8.24. The van der Waals surface area contributed by atoms with Gasteiger partial charge < -0.3 is 14.6 Å². The van der Waals surface area contributed by atoms with Crippen molar-refractivity contribution in [1.82, 2.24) is 44.6 Å². The number of carbonyl (C=O) groups excluding carboxylic acids is 2. The van der Waals surface area contributed by atoms with Gasteiger partial charge in [-0.2, -0.15) is 4.68 Å². The normalized spacial score (nSPS) is 14.2. The van der Waals surface area contributed by atoms with Crippen molar-refractivity contribution in [3.63, 3.8) is 0 Å². The molecule has 1 aromatic carbocycles. The number of thiophene rings is 1. The number of nitrogens with one attached hydrogen (secondary N) is 1. The van der Waals surface area contributed by atoms with E-state index in [9.17, 15) is 14.4 Å². The predicted octanol–water partition coefficient (Wildman–Crippen LogP) is 2.77. The minimum absolute atomic E-state index is 0.221. The van der Waals surface area contributed by atoms with Crippen LogP contribution in [0.4, 0.5) is 0 Å². The number of likely N-dealkylation sites (N-methyl/N-ethyl adjacent to an activating group) is 1. The number of nitrogens with zero attached hydrogens (tertiary/aromatic N) is 8. The number of halogens is 1. The molecule has 0 fully saturated rings. The highest BCUT2D eigenvalue weighted by molar-refractivity contribution is 7.12. The zero-order valence-corrected chi connectivity index (χ0v) is 23.4. The van der Waals surface area contributed by atoms with Crippen LogP contribution in [0.15, 0.2) is 53.0 Å². The minimum Gasteiger partial charge on any atom is -0.451 e. The van der Waals surface area contributed by atoms with Crippen LogP contribution in [-0.2, 0) is 16.0 Å². The lowest BCUT2D eigenvalue weighted by molar-refractivity contribution is -0.131. The molecule has 1 atom stereocenters. The van der Waals surface area contributed by atoms with Crippen LogP contribution in [0, 0.1) is 0 Å². The largest absolute Gasteiger partial charge is 0.451 e. The molecule has 5 aromatic rings. The zero-order valence-electron chi connectivity index (χ0n) is 21.8. The average molecular weight is 592 g/mol. The molecule has 5 heterocycles. The number of aromatic amines is 1. The third-order valence-corrected chi connectivity index (χ3v) is 7.80. The standard InChI is InChI=1S/C26H22ClN9O4S/c1-34(2)24(38)11-40-26(39)21-7-14(12-41-21)18-10-28-25(31-18)20-5-6-22-30-17(9-23(37)36(20)22)16-8-15(27)3-4-19(16)35-13-29-32-33-35/h3-4,7-10,12-13,20H,5-6,11H2,1-2H3,(H,28,31). The van der Waals surface area contributed by atoms with Gasteiger partial charge in [-0.1, -0.05) is 11.6 Å². The van der Waals surface area contributed by atoms with E-state index >= 15 is 0 Å². The fourth-order valence-corrected chi connectivity index (χ4v) is 5.56. The number of hydrogen-bond acceptors (Lipinski definition) is 10. The zero-order chi connectivity index (χ0) is 28.7. The third kappa shape index (κ3) is 5.14. The molecule has 0 saturated heterocycles. The Bertz CT molecular complexity index is 1830. The van der Waals surface area contributed by atoms with Gasteiger partial charge in [0.15, 0.2) is 6.61 Å². The summed E-state index contributed by atoms with van der Waals surface area (Å²) in [5, 5.41) is 13.6. The summed E-state index contributed by atoms with van der Waals surface area (Å²) in [6.45, 7) is -0.324. The Labute approximate surface area is 241 Å². The number of hydrogen-bond donors (Lipinski definition) is 1. The van der Waals surface area contributed by atoms with Crippen LogP contribution in [0.1, 0.15) is 33.8 Å². The Morgan fingerprint density at radius 3 is 2.88 bits per heavy atom. The second kappa shape index (κ2) is 10.7. The molecule has 1 aliphatic heterocycles. The first kappa shape index (κ1) is 26.5. The van der Waals surface area contributed by atoms with Gasteiger partial charge in [-0.05, 0) is 41.1 Å². The minimum atomic E-state index is -0.572. The van der Waals surface area contributed by atoms with Gasteiger partial charge in [0.05, 0.1) is 29.3 Å². The van der Waals surface area contributed by atoms with E-state index < -0.39 is 5.97 Å². The van der Waals surface area contributed by atoms with E-state index in [0.717, 1.165) is 5.56 Å². The molecule has 0 aliphatic carbocycles. The summed E-state index contributed by atoms with van der Waals surface area (Å²) in [5.41, 5.74) is 2.96. The lowest BCUT2D eigenvalue weighted by atomic mass is 10.1. The van der Waals surface area contributed by atoms with Gasteiger partial charge in [0.2, 0.25) is 0 Å². The molecule has 0 spiro atoms. The van der Waals surface area contributed by atoms with Crippen molar-refractivity contribution in [1.29, 1.82) is 0 Å². The third-order valence-electron chi connectivity index (χ3n) is 6.66. The van der Waals surface area contributed by atoms with Crippen molar-refractivity contribution in [3.05, 3.63) is 80.1 Å². The fraction of sp³-hybridized carbons (Fsp3) is 0.231. The molecular formula is C26H22ClN9O4S. The lowest BCUT2D eigenvalue weighted by Gasteiger charge is -2.14. The van der Waals surface area contributed by atoms with Crippen molar-refractivity contribution in [2.75, 3.05) is 20.7 Å². The summed E-state index contributed by atoms with van der Waals surface area (Å²) in [4.78, 5) is 51.8. The number of H-pyrrole nitrogens is 1. The van der Waals surface area contributed by atoms with Crippen LogP contribution >= 0.6 is 22.9 Å². The summed E-state index contributed by atoms with van der Waals surface area (Å²) in [6, 6.07) is 8.05. The number of amides is 1. The van der Waals surface area contributed by atoms with Crippen molar-refractivity contribution in [2.24, 2.45) is 0 Å². The molecule has 4 aromatic heterocycles. The number of carbonyl (C=O) groups is 2. The Morgan fingerprint density at radius 2 is 2.10 bits per heavy atom. The molecule has 0 bridgehead atoms. The topological polar surface area (TPSA) is 154 Å². The molecule has 41 heavy (non-hydrogen) atoms. The van der Waals surface area contributed by atoms with Crippen LogP contribution in [0.2, 0.25) is 5.02 Å². The van der Waals surface area contributed by atoms with E-state index in [4.69, 9.17) is 21.3 Å². The quantitative estimate of drug-likeness (QED) is 0.281. The molecule has 1 unspecified atom stereocenters. The predicted molar refractivity (Wildman–Crippen MR) is 149 cm³/mol. The Kier molecular flexibility index (Phi) is 6.93. The number of ether oxygens (including phenoxy) is 1. The Hall–Kier alpha value is -4.69. The van der Waals surface area contributed by atoms with Gasteiger partial charge >= 0.3 is 5.97 Å². The van der Waals surface area contributed by atoms with Crippen LogP contribution in [0.5, 0.6) is 0 Å².